The van der Waals surface area contributed by atoms with Crippen LogP contribution in [0.15, 0.2) is 91.2 Å². The Kier molecular flexibility index (Phi) is 7.16. The number of nitrogens with one attached hydrogen (secondary N) is 2. The van der Waals surface area contributed by atoms with E-state index in [2.05, 4.69) is 50.5 Å². The van der Waals surface area contributed by atoms with Crippen LogP contribution in [-0.4, -0.2) is 48.0 Å². The van der Waals surface area contributed by atoms with Gasteiger partial charge in [-0.25, -0.2) is 0 Å². The average Bonchev–Trinajstić information content (AvgIpc) is 2.95. The van der Waals surface area contributed by atoms with Gasteiger partial charge in [0.2, 0.25) is 5.56 Å². The van der Waals surface area contributed by atoms with Crippen molar-refractivity contribution in [2.45, 2.75) is 32.5 Å². The molecular weight excluding hydrogens is 516 g/mol. The third-order valence-electron chi connectivity index (χ3n) is 6.66. The van der Waals surface area contributed by atoms with Crippen LogP contribution in [0, 0.1) is 6.92 Å². The second-order valence-corrected chi connectivity index (χ2v) is 11.5. The van der Waals surface area contributed by atoms with Crippen molar-refractivity contribution < 1.29 is 9.84 Å². The molecule has 0 spiro atoms. The van der Waals surface area contributed by atoms with Crippen molar-refractivity contribution in [1.29, 1.82) is 0 Å². The molecule has 3 N–H and O–H groups in total. The zero-order valence-electron chi connectivity index (χ0n) is 20.9. The number of nitrogens with zero attached hydrogens (tertiary/aromatic N) is 2. The van der Waals surface area contributed by atoms with Crippen LogP contribution >= 0.6 is 23.5 Å². The molecule has 1 saturated heterocycles. The molecule has 6 rings (SSSR count). The van der Waals surface area contributed by atoms with E-state index in [9.17, 15) is 9.90 Å². The minimum Gasteiger partial charge on any atom is -0.394 e. The number of morpholine rings is 1. The largest absolute Gasteiger partial charge is 0.394 e. The van der Waals surface area contributed by atoms with Crippen molar-refractivity contribution in [3.63, 3.8) is 0 Å². The van der Waals surface area contributed by atoms with Crippen molar-refractivity contribution in [2.24, 2.45) is 0 Å². The van der Waals surface area contributed by atoms with E-state index in [1.165, 1.54) is 0 Å². The summed E-state index contributed by atoms with van der Waals surface area (Å²) in [5, 5.41) is 13.4. The van der Waals surface area contributed by atoms with Gasteiger partial charge in [-0.1, -0.05) is 41.7 Å². The maximum atomic E-state index is 12.6. The van der Waals surface area contributed by atoms with E-state index in [-0.39, 0.29) is 18.2 Å². The Morgan fingerprint density at radius 1 is 1.05 bits per heavy atom. The molecule has 194 valence electrons. The van der Waals surface area contributed by atoms with Gasteiger partial charge in [-0.3, -0.25) is 9.78 Å². The molecule has 1 fully saturated rings. The second-order valence-electron chi connectivity index (χ2n) is 9.35. The molecule has 7 nitrogen and oxygen atoms in total. The summed E-state index contributed by atoms with van der Waals surface area (Å²) < 4.78 is 5.48. The van der Waals surface area contributed by atoms with E-state index in [0.717, 1.165) is 66.6 Å². The fourth-order valence-electron chi connectivity index (χ4n) is 4.68. The van der Waals surface area contributed by atoms with Gasteiger partial charge in [0.15, 0.2) is 0 Å². The van der Waals surface area contributed by atoms with E-state index >= 15 is 0 Å². The zero-order valence-corrected chi connectivity index (χ0v) is 22.6. The van der Waals surface area contributed by atoms with Crippen molar-refractivity contribution >= 4 is 34.9 Å². The maximum absolute atomic E-state index is 12.6. The zero-order chi connectivity index (χ0) is 26.1. The first-order chi connectivity index (χ1) is 18.6. The lowest BCUT2D eigenvalue weighted by molar-refractivity contribution is 0.122. The quantitative estimate of drug-likeness (QED) is 0.264. The Balaban J connectivity index is 1.27. The molecule has 0 radical (unpaired) electrons. The number of H-pyrrole nitrogens is 1. The summed E-state index contributed by atoms with van der Waals surface area (Å²) in [4.78, 5) is 26.9. The molecule has 1 atom stereocenters. The van der Waals surface area contributed by atoms with Gasteiger partial charge < -0.3 is 25.0 Å². The molecule has 0 aliphatic carbocycles. The van der Waals surface area contributed by atoms with Crippen molar-refractivity contribution in [3.8, 4) is 11.3 Å². The Labute approximate surface area is 229 Å². The Morgan fingerprint density at radius 3 is 2.71 bits per heavy atom. The minimum atomic E-state index is -0.288. The normalized spacial score (nSPS) is 15.5. The van der Waals surface area contributed by atoms with Gasteiger partial charge >= 0.3 is 0 Å². The van der Waals surface area contributed by atoms with Gasteiger partial charge in [0.25, 0.3) is 0 Å². The van der Waals surface area contributed by atoms with Crippen molar-refractivity contribution in [2.75, 3.05) is 43.1 Å². The third kappa shape index (κ3) is 5.19. The van der Waals surface area contributed by atoms with Crippen LogP contribution in [0.2, 0.25) is 0 Å². The highest BCUT2D eigenvalue weighted by Crippen LogP contribution is 2.52. The van der Waals surface area contributed by atoms with E-state index in [0.29, 0.717) is 13.2 Å². The van der Waals surface area contributed by atoms with Crippen molar-refractivity contribution in [1.82, 2.24) is 9.97 Å². The highest BCUT2D eigenvalue weighted by Gasteiger charge is 2.23. The van der Waals surface area contributed by atoms with E-state index in [1.54, 1.807) is 29.6 Å². The number of pyridine rings is 2. The first kappa shape index (κ1) is 25.1. The molecule has 4 aromatic rings. The predicted molar refractivity (Wildman–Crippen MR) is 153 cm³/mol. The number of rotatable bonds is 6. The first-order valence-electron chi connectivity index (χ1n) is 12.6. The monoisotopic (exact) mass is 544 g/mol. The summed E-state index contributed by atoms with van der Waals surface area (Å²) in [6.07, 6.45) is 1.82. The molecule has 0 saturated carbocycles. The molecule has 2 aliphatic heterocycles. The highest BCUT2D eigenvalue weighted by atomic mass is 32.2. The van der Waals surface area contributed by atoms with Crippen LogP contribution < -0.4 is 15.8 Å². The minimum absolute atomic E-state index is 0.0526. The number of anilines is 2. The standard InChI is InChI=1S/C29H28N4O3S2/c1-18-5-7-22(30-16-18)24(17-34)31-19-6-8-25-27(13-19)37-26-4-2-3-21(29(26)38-25)23-14-20(15-28(35)32-23)33-9-11-36-12-10-33/h2-8,13-16,24,31,34H,9-12,17H2,1H3,(H,32,35). The molecule has 0 bridgehead atoms. The molecule has 2 aromatic carbocycles. The van der Waals surface area contributed by atoms with Crippen LogP contribution in [0.25, 0.3) is 11.3 Å². The number of hydrogen-bond acceptors (Lipinski definition) is 8. The number of aromatic amines is 1. The van der Waals surface area contributed by atoms with Crippen LogP contribution in [0.1, 0.15) is 17.3 Å². The fraction of sp³-hybridized carbons (Fsp3) is 0.241. The topological polar surface area (TPSA) is 90.5 Å². The van der Waals surface area contributed by atoms with Gasteiger partial charge in [0.1, 0.15) is 0 Å². The van der Waals surface area contributed by atoms with Gasteiger partial charge in [-0.05, 0) is 48.9 Å². The summed E-state index contributed by atoms with van der Waals surface area (Å²) >= 11 is 3.43. The Hall–Kier alpha value is -3.24. The number of benzene rings is 2. The number of hydrogen-bond donors (Lipinski definition) is 3. The lowest BCUT2D eigenvalue weighted by atomic mass is 10.1. The molecule has 1 unspecified atom stereocenters. The fourth-order valence-corrected chi connectivity index (χ4v) is 7.09. The number of aryl methyl sites for hydroxylation is 1. The number of aliphatic hydroxyl groups is 1. The van der Waals surface area contributed by atoms with E-state index in [4.69, 9.17) is 4.74 Å². The van der Waals surface area contributed by atoms with Gasteiger partial charge in [-0.2, -0.15) is 0 Å². The first-order valence-corrected chi connectivity index (χ1v) is 14.2. The SMILES string of the molecule is Cc1ccc(C(CO)Nc2ccc3c(c2)Sc2cccc(-c4cc(N5CCOCC5)cc(=O)[nH]4)c2S3)nc1. The van der Waals surface area contributed by atoms with E-state index < -0.39 is 0 Å². The smallest absolute Gasteiger partial charge is 0.250 e. The number of aromatic nitrogens is 2. The van der Waals surface area contributed by atoms with E-state index in [1.807, 2.05) is 37.4 Å². The average molecular weight is 545 g/mol. The van der Waals surface area contributed by atoms with Crippen LogP contribution in [0.4, 0.5) is 11.4 Å². The summed E-state index contributed by atoms with van der Waals surface area (Å²) in [5.41, 5.74) is 5.49. The Bertz CT molecular complexity index is 1520. The maximum Gasteiger partial charge on any atom is 0.250 e. The highest BCUT2D eigenvalue weighted by molar-refractivity contribution is 8.05. The molecule has 38 heavy (non-hydrogen) atoms. The number of fused-ring (bicyclic) bond motifs is 2. The van der Waals surface area contributed by atoms with Gasteiger partial charge in [-0.15, -0.1) is 0 Å². The summed E-state index contributed by atoms with van der Waals surface area (Å²) in [7, 11) is 0. The number of ether oxygens (including phenoxy) is 1. The van der Waals surface area contributed by atoms with Crippen molar-refractivity contribution in [3.05, 3.63) is 88.5 Å². The van der Waals surface area contributed by atoms with Gasteiger partial charge in [0, 0.05) is 61.9 Å². The lowest BCUT2D eigenvalue weighted by Gasteiger charge is -2.29. The van der Waals surface area contributed by atoms with Crippen LogP contribution in [0.3, 0.4) is 0 Å². The van der Waals surface area contributed by atoms with Crippen LogP contribution in [-0.2, 0) is 4.74 Å². The summed E-state index contributed by atoms with van der Waals surface area (Å²) in [6.45, 7) is 4.84. The third-order valence-corrected chi connectivity index (χ3v) is 9.26. The molecular formula is C29H28N4O3S2. The molecule has 2 aromatic heterocycles. The molecule has 9 heteroatoms. The predicted octanol–water partition coefficient (Wildman–Crippen LogP) is 5.34. The summed E-state index contributed by atoms with van der Waals surface area (Å²) in [6, 6.07) is 19.9. The second kappa shape index (κ2) is 10.9. The lowest BCUT2D eigenvalue weighted by Crippen LogP contribution is -2.36. The summed E-state index contributed by atoms with van der Waals surface area (Å²) in [5.74, 6) is 0. The molecule has 0 amide bonds. The number of aliphatic hydroxyl groups excluding tert-OH is 1. The van der Waals surface area contributed by atoms with Crippen LogP contribution in [0.5, 0.6) is 0 Å². The Morgan fingerprint density at radius 2 is 1.92 bits per heavy atom. The van der Waals surface area contributed by atoms with Gasteiger partial charge in [0.05, 0.1) is 37.3 Å². The molecule has 4 heterocycles. The molecule has 2 aliphatic rings.